The Morgan fingerprint density at radius 2 is 1.83 bits per heavy atom. The van der Waals surface area contributed by atoms with Gasteiger partial charge in [0.15, 0.2) is 0 Å². The van der Waals surface area contributed by atoms with Crippen molar-refractivity contribution in [3.63, 3.8) is 0 Å². The van der Waals surface area contributed by atoms with E-state index in [2.05, 4.69) is 59.6 Å². The zero-order chi connectivity index (χ0) is 21.3. The molecule has 1 unspecified atom stereocenters. The van der Waals surface area contributed by atoms with Crippen molar-refractivity contribution < 1.29 is 4.79 Å². The molecule has 2 aromatic carbocycles. The highest BCUT2D eigenvalue weighted by atomic mass is 32.1. The maximum Gasteiger partial charge on any atom is 0.222 e. The topological polar surface area (TPSA) is 58.1 Å². The number of aryl methyl sites for hydroxylation is 1. The van der Waals surface area contributed by atoms with Crippen molar-refractivity contribution in [2.45, 2.75) is 52.6 Å². The van der Waals surface area contributed by atoms with Crippen molar-refractivity contribution in [2.75, 3.05) is 11.4 Å². The van der Waals surface area contributed by atoms with Crippen LogP contribution in [0.25, 0.3) is 0 Å². The molecular formula is C24H30N4OS. The first-order valence-electron chi connectivity index (χ1n) is 10.5. The third kappa shape index (κ3) is 6.39. The second-order valence-electron chi connectivity index (χ2n) is 7.62. The number of nitrogens with zero attached hydrogens (tertiary/aromatic N) is 3. The molecule has 0 saturated carbocycles. The molecule has 0 aliphatic heterocycles. The van der Waals surface area contributed by atoms with Crippen molar-refractivity contribution in [2.24, 2.45) is 0 Å². The summed E-state index contributed by atoms with van der Waals surface area (Å²) < 4.78 is 4.56. The molecule has 0 spiro atoms. The summed E-state index contributed by atoms with van der Waals surface area (Å²) in [7, 11) is 0. The molecule has 6 heteroatoms. The Morgan fingerprint density at radius 3 is 2.53 bits per heavy atom. The van der Waals surface area contributed by atoms with Gasteiger partial charge in [-0.05, 0) is 31.4 Å². The van der Waals surface area contributed by atoms with E-state index in [9.17, 15) is 4.79 Å². The van der Waals surface area contributed by atoms with Crippen LogP contribution in [0.1, 0.15) is 49.2 Å². The molecule has 158 valence electrons. The van der Waals surface area contributed by atoms with Gasteiger partial charge >= 0.3 is 0 Å². The van der Waals surface area contributed by atoms with E-state index in [-0.39, 0.29) is 5.91 Å². The first-order valence-corrected chi connectivity index (χ1v) is 11.3. The zero-order valence-electron chi connectivity index (χ0n) is 18.0. The Kier molecular flexibility index (Phi) is 7.97. The standard InChI is InChI=1S/C24H30N4OS/c1-4-19(3)28(15-14-23(29)25-17-21-8-6-5-7-9-21)24-26-22(27-30-24)16-20-12-10-18(2)11-13-20/h5-13,19H,4,14-17H2,1-3H3,(H,25,29). The van der Waals surface area contributed by atoms with Gasteiger partial charge in [-0.2, -0.15) is 4.37 Å². The van der Waals surface area contributed by atoms with Gasteiger partial charge in [-0.3, -0.25) is 4.79 Å². The SMILES string of the molecule is CCC(C)N(CCC(=O)NCc1ccccc1)c1nc(Cc2ccc(C)cc2)ns1. The van der Waals surface area contributed by atoms with E-state index in [0.717, 1.165) is 29.4 Å². The fraction of sp³-hybridized carbons (Fsp3) is 0.375. The molecule has 1 amide bonds. The Morgan fingerprint density at radius 1 is 1.10 bits per heavy atom. The quantitative estimate of drug-likeness (QED) is 0.512. The Bertz CT molecular complexity index is 924. The van der Waals surface area contributed by atoms with Crippen LogP contribution >= 0.6 is 11.5 Å². The van der Waals surface area contributed by atoms with Crippen molar-refractivity contribution in [1.29, 1.82) is 0 Å². The summed E-state index contributed by atoms with van der Waals surface area (Å²) >= 11 is 1.42. The molecule has 0 bridgehead atoms. The highest BCUT2D eigenvalue weighted by Gasteiger charge is 2.19. The normalized spacial score (nSPS) is 11.8. The highest BCUT2D eigenvalue weighted by molar-refractivity contribution is 7.09. The van der Waals surface area contributed by atoms with Crippen LogP contribution in [0.15, 0.2) is 54.6 Å². The predicted octanol–water partition coefficient (Wildman–Crippen LogP) is 4.75. The number of hydrogen-bond donors (Lipinski definition) is 1. The molecule has 0 fully saturated rings. The third-order valence-electron chi connectivity index (χ3n) is 5.22. The maximum atomic E-state index is 12.4. The molecule has 0 saturated heterocycles. The van der Waals surface area contributed by atoms with E-state index in [1.54, 1.807) is 0 Å². The summed E-state index contributed by atoms with van der Waals surface area (Å²) in [5.41, 5.74) is 3.56. The molecule has 0 aliphatic carbocycles. The minimum atomic E-state index is 0.0524. The van der Waals surface area contributed by atoms with Gasteiger partial charge in [0, 0.05) is 43.5 Å². The van der Waals surface area contributed by atoms with Crippen molar-refractivity contribution in [3.05, 3.63) is 77.1 Å². The van der Waals surface area contributed by atoms with E-state index in [0.29, 0.717) is 25.6 Å². The summed E-state index contributed by atoms with van der Waals surface area (Å²) in [6.07, 6.45) is 2.14. The van der Waals surface area contributed by atoms with Crippen LogP contribution in [-0.2, 0) is 17.8 Å². The van der Waals surface area contributed by atoms with Crippen LogP contribution < -0.4 is 10.2 Å². The molecule has 30 heavy (non-hydrogen) atoms. The summed E-state index contributed by atoms with van der Waals surface area (Å²) in [6.45, 7) is 7.60. The Hall–Kier alpha value is -2.73. The lowest BCUT2D eigenvalue weighted by molar-refractivity contribution is -0.121. The van der Waals surface area contributed by atoms with Crippen molar-refractivity contribution in [1.82, 2.24) is 14.7 Å². The fourth-order valence-electron chi connectivity index (χ4n) is 3.15. The van der Waals surface area contributed by atoms with Gasteiger partial charge in [0.1, 0.15) is 5.82 Å². The summed E-state index contributed by atoms with van der Waals surface area (Å²) in [6, 6.07) is 18.7. The molecule has 1 aromatic heterocycles. The Balaban J connectivity index is 1.58. The Labute approximate surface area is 183 Å². The number of anilines is 1. The molecule has 0 radical (unpaired) electrons. The van der Waals surface area contributed by atoms with Crippen LogP contribution in [-0.4, -0.2) is 27.9 Å². The zero-order valence-corrected chi connectivity index (χ0v) is 18.8. The van der Waals surface area contributed by atoms with E-state index >= 15 is 0 Å². The lowest BCUT2D eigenvalue weighted by Gasteiger charge is -2.27. The van der Waals surface area contributed by atoms with Gasteiger partial charge < -0.3 is 10.2 Å². The predicted molar refractivity (Wildman–Crippen MR) is 124 cm³/mol. The van der Waals surface area contributed by atoms with E-state index in [4.69, 9.17) is 4.98 Å². The molecule has 5 nitrogen and oxygen atoms in total. The van der Waals surface area contributed by atoms with Crippen LogP contribution in [0, 0.1) is 6.92 Å². The second kappa shape index (κ2) is 10.9. The first-order chi connectivity index (χ1) is 14.5. The lowest BCUT2D eigenvalue weighted by Crippen LogP contribution is -2.36. The average Bonchev–Trinajstić information content (AvgIpc) is 3.22. The number of benzene rings is 2. The number of nitrogens with one attached hydrogen (secondary N) is 1. The van der Waals surface area contributed by atoms with Crippen LogP contribution in [0.4, 0.5) is 5.13 Å². The van der Waals surface area contributed by atoms with Crippen molar-refractivity contribution in [3.8, 4) is 0 Å². The molecule has 3 aromatic rings. The molecule has 0 aliphatic rings. The number of aromatic nitrogens is 2. The van der Waals surface area contributed by atoms with Crippen LogP contribution in [0.5, 0.6) is 0 Å². The molecular weight excluding hydrogens is 392 g/mol. The van der Waals surface area contributed by atoms with Crippen LogP contribution in [0.3, 0.4) is 0 Å². The molecule has 3 rings (SSSR count). The lowest BCUT2D eigenvalue weighted by atomic mass is 10.1. The average molecular weight is 423 g/mol. The molecule has 1 heterocycles. The number of hydrogen-bond acceptors (Lipinski definition) is 5. The van der Waals surface area contributed by atoms with Gasteiger partial charge in [0.25, 0.3) is 0 Å². The smallest absolute Gasteiger partial charge is 0.222 e. The van der Waals surface area contributed by atoms with E-state index in [1.165, 1.54) is 22.7 Å². The minimum absolute atomic E-state index is 0.0524. The van der Waals surface area contributed by atoms with Gasteiger partial charge in [0.2, 0.25) is 11.0 Å². The number of rotatable bonds is 10. The van der Waals surface area contributed by atoms with Gasteiger partial charge in [0.05, 0.1) is 0 Å². The summed E-state index contributed by atoms with van der Waals surface area (Å²) in [5.74, 6) is 0.886. The van der Waals surface area contributed by atoms with Gasteiger partial charge in [-0.25, -0.2) is 4.98 Å². The first kappa shape index (κ1) is 22.0. The summed E-state index contributed by atoms with van der Waals surface area (Å²) in [4.78, 5) is 19.3. The minimum Gasteiger partial charge on any atom is -0.352 e. The van der Waals surface area contributed by atoms with Crippen molar-refractivity contribution >= 4 is 22.6 Å². The molecule has 1 atom stereocenters. The van der Waals surface area contributed by atoms with Crippen LogP contribution in [0.2, 0.25) is 0 Å². The van der Waals surface area contributed by atoms with E-state index < -0.39 is 0 Å². The highest BCUT2D eigenvalue weighted by Crippen LogP contribution is 2.22. The number of carbonyl (C=O) groups is 1. The third-order valence-corrected chi connectivity index (χ3v) is 6.01. The van der Waals surface area contributed by atoms with Gasteiger partial charge in [-0.15, -0.1) is 0 Å². The van der Waals surface area contributed by atoms with E-state index in [1.807, 2.05) is 30.3 Å². The number of amides is 1. The molecule has 1 N–H and O–H groups in total. The number of carbonyl (C=O) groups excluding carboxylic acids is 1. The summed E-state index contributed by atoms with van der Waals surface area (Å²) in [5, 5.41) is 3.90. The fourth-order valence-corrected chi connectivity index (χ4v) is 3.97. The largest absolute Gasteiger partial charge is 0.352 e. The monoisotopic (exact) mass is 422 g/mol. The maximum absolute atomic E-state index is 12.4. The van der Waals surface area contributed by atoms with Gasteiger partial charge in [-0.1, -0.05) is 67.1 Å². The second-order valence-corrected chi connectivity index (χ2v) is 8.35.